The molecule has 1 saturated carbocycles. The minimum atomic E-state index is -0.330. The van der Waals surface area contributed by atoms with Gasteiger partial charge in [0.25, 0.3) is 0 Å². The molecule has 2 heterocycles. The van der Waals surface area contributed by atoms with Gasteiger partial charge in [0, 0.05) is 44.2 Å². The fourth-order valence-electron chi connectivity index (χ4n) is 3.68. The van der Waals surface area contributed by atoms with Gasteiger partial charge in [-0.1, -0.05) is 12.8 Å². The zero-order valence-electron chi connectivity index (χ0n) is 16.6. The van der Waals surface area contributed by atoms with Crippen molar-refractivity contribution in [2.24, 2.45) is 0 Å². The van der Waals surface area contributed by atoms with Crippen LogP contribution in [-0.4, -0.2) is 45.4 Å². The molecule has 1 aromatic carbocycles. The molecule has 6 nitrogen and oxygen atoms in total. The van der Waals surface area contributed by atoms with E-state index in [0.29, 0.717) is 34.3 Å². The molecule has 0 unspecified atom stereocenters. The quantitative estimate of drug-likeness (QED) is 0.504. The van der Waals surface area contributed by atoms with E-state index in [1.165, 1.54) is 31.1 Å². The molecule has 1 N–H and O–H groups in total. The lowest BCUT2D eigenvalue weighted by Gasteiger charge is -2.13. The molecule has 0 radical (unpaired) electrons. The summed E-state index contributed by atoms with van der Waals surface area (Å²) >= 11 is 0. The van der Waals surface area contributed by atoms with Gasteiger partial charge >= 0.3 is 0 Å². The van der Waals surface area contributed by atoms with Crippen LogP contribution in [0.3, 0.4) is 0 Å². The predicted molar refractivity (Wildman–Crippen MR) is 111 cm³/mol. The van der Waals surface area contributed by atoms with Crippen molar-refractivity contribution in [2.75, 3.05) is 19.4 Å². The van der Waals surface area contributed by atoms with E-state index in [9.17, 15) is 9.18 Å². The van der Waals surface area contributed by atoms with Gasteiger partial charge in [-0.3, -0.25) is 4.79 Å². The Kier molecular flexibility index (Phi) is 5.29. The highest BCUT2D eigenvalue weighted by molar-refractivity contribution is 6.13. The highest BCUT2D eigenvalue weighted by Gasteiger charge is 2.23. The molecule has 4 rings (SSSR count). The molecule has 29 heavy (non-hydrogen) atoms. The third kappa shape index (κ3) is 3.99. The number of halogens is 1. The number of ketones is 1. The van der Waals surface area contributed by atoms with Gasteiger partial charge in [0.15, 0.2) is 5.78 Å². The van der Waals surface area contributed by atoms with Crippen LogP contribution in [0.5, 0.6) is 0 Å². The van der Waals surface area contributed by atoms with Crippen molar-refractivity contribution in [3.8, 4) is 11.3 Å². The van der Waals surface area contributed by atoms with Crippen LogP contribution < -0.4 is 5.32 Å². The molecule has 150 valence electrons. The lowest BCUT2D eigenvalue weighted by molar-refractivity contribution is 0.104. The number of carbonyl (C=O) groups excluding carboxylic acids is 1. The first kappa shape index (κ1) is 19.1. The number of rotatable bonds is 6. The van der Waals surface area contributed by atoms with Crippen molar-refractivity contribution in [2.45, 2.75) is 31.7 Å². The predicted octanol–water partition coefficient (Wildman–Crippen LogP) is 4.15. The maximum atomic E-state index is 13.4. The second kappa shape index (κ2) is 8.03. The van der Waals surface area contributed by atoms with Crippen LogP contribution in [0.2, 0.25) is 0 Å². The van der Waals surface area contributed by atoms with Crippen molar-refractivity contribution in [1.29, 1.82) is 0 Å². The molecule has 0 spiro atoms. The average molecular weight is 393 g/mol. The van der Waals surface area contributed by atoms with E-state index >= 15 is 0 Å². The number of nitrogens with zero attached hydrogens (tertiary/aromatic N) is 4. The topological polar surface area (TPSA) is 62.5 Å². The van der Waals surface area contributed by atoms with Crippen LogP contribution in [0.1, 0.15) is 36.0 Å². The van der Waals surface area contributed by atoms with E-state index in [4.69, 9.17) is 5.10 Å². The number of hydrogen-bond donors (Lipinski definition) is 1. The molecular formula is C22H24FN5O. The van der Waals surface area contributed by atoms with Crippen LogP contribution in [-0.2, 0) is 0 Å². The summed E-state index contributed by atoms with van der Waals surface area (Å²) in [5.41, 5.74) is 2.35. The van der Waals surface area contributed by atoms with Gasteiger partial charge in [-0.2, -0.15) is 9.61 Å². The van der Waals surface area contributed by atoms with E-state index in [1.807, 2.05) is 14.1 Å². The number of hydrogen-bond acceptors (Lipinski definition) is 5. The zero-order valence-corrected chi connectivity index (χ0v) is 16.6. The lowest BCUT2D eigenvalue weighted by Crippen LogP contribution is -2.18. The Hall–Kier alpha value is -3.22. The van der Waals surface area contributed by atoms with Crippen molar-refractivity contribution < 1.29 is 9.18 Å². The Morgan fingerprint density at radius 2 is 1.93 bits per heavy atom. The van der Waals surface area contributed by atoms with Gasteiger partial charge in [0.05, 0.1) is 11.1 Å². The minimum Gasteiger partial charge on any atom is -0.383 e. The summed E-state index contributed by atoms with van der Waals surface area (Å²) < 4.78 is 15.1. The molecule has 2 aromatic heterocycles. The summed E-state index contributed by atoms with van der Waals surface area (Å²) in [7, 11) is 3.71. The Balaban J connectivity index is 1.85. The largest absolute Gasteiger partial charge is 0.383 e. The summed E-state index contributed by atoms with van der Waals surface area (Å²) in [6, 6.07) is 8.18. The minimum absolute atomic E-state index is 0.161. The van der Waals surface area contributed by atoms with Crippen molar-refractivity contribution >= 4 is 17.2 Å². The van der Waals surface area contributed by atoms with Gasteiger partial charge in [-0.15, -0.1) is 0 Å². The fourth-order valence-corrected chi connectivity index (χ4v) is 3.68. The zero-order chi connectivity index (χ0) is 20.4. The van der Waals surface area contributed by atoms with Gasteiger partial charge in [0.1, 0.15) is 11.5 Å². The van der Waals surface area contributed by atoms with Crippen LogP contribution in [0.4, 0.5) is 10.3 Å². The number of nitrogens with one attached hydrogen (secondary N) is 1. The number of aromatic nitrogens is 3. The average Bonchev–Trinajstić information content (AvgIpc) is 3.35. The maximum absolute atomic E-state index is 13.4. The van der Waals surface area contributed by atoms with E-state index in [1.54, 1.807) is 40.0 Å². The van der Waals surface area contributed by atoms with Gasteiger partial charge in [-0.05, 0) is 43.2 Å². The number of allylic oxidation sites excluding steroid dienone is 1. The molecule has 1 fully saturated rings. The standard InChI is InChI=1S/C22H24FN5O/c1-27(2)14-12-19(29)20-18-11-13-24-22(25-17-5-3-4-6-17)28(18)26-21(20)15-7-9-16(23)10-8-15/h7-14,17H,3-6H2,1-2H3,(H,24,25). The second-order valence-corrected chi connectivity index (χ2v) is 7.57. The van der Waals surface area contributed by atoms with Gasteiger partial charge < -0.3 is 10.2 Å². The smallest absolute Gasteiger partial charge is 0.224 e. The Morgan fingerprint density at radius 1 is 1.21 bits per heavy atom. The molecule has 0 saturated heterocycles. The van der Waals surface area contributed by atoms with Gasteiger partial charge in [0.2, 0.25) is 5.95 Å². The van der Waals surface area contributed by atoms with Gasteiger partial charge in [-0.25, -0.2) is 9.37 Å². The summed E-state index contributed by atoms with van der Waals surface area (Å²) in [6.07, 6.45) is 9.52. The molecule has 1 aliphatic rings. The maximum Gasteiger partial charge on any atom is 0.224 e. The SMILES string of the molecule is CN(C)C=CC(=O)c1c(-c2ccc(F)cc2)nn2c(NC3CCCC3)nccc12. The van der Waals surface area contributed by atoms with E-state index < -0.39 is 0 Å². The number of carbonyl (C=O) groups is 1. The van der Waals surface area contributed by atoms with Crippen molar-refractivity contribution in [3.05, 3.63) is 60.2 Å². The van der Waals surface area contributed by atoms with Crippen LogP contribution >= 0.6 is 0 Å². The summed E-state index contributed by atoms with van der Waals surface area (Å²) in [5, 5.41) is 8.17. The summed E-state index contributed by atoms with van der Waals surface area (Å²) in [6.45, 7) is 0. The number of benzene rings is 1. The molecule has 1 aliphatic carbocycles. The first-order chi connectivity index (χ1) is 14.0. The van der Waals surface area contributed by atoms with Crippen molar-refractivity contribution in [1.82, 2.24) is 19.5 Å². The van der Waals surface area contributed by atoms with Crippen LogP contribution in [0.15, 0.2) is 48.8 Å². The van der Waals surface area contributed by atoms with Crippen molar-refractivity contribution in [3.63, 3.8) is 0 Å². The highest BCUT2D eigenvalue weighted by atomic mass is 19.1. The summed E-state index contributed by atoms with van der Waals surface area (Å²) in [4.78, 5) is 19.3. The molecule has 0 aliphatic heterocycles. The fraction of sp³-hybridized carbons (Fsp3) is 0.318. The molecule has 0 bridgehead atoms. The number of anilines is 1. The molecule has 0 amide bonds. The Morgan fingerprint density at radius 3 is 2.62 bits per heavy atom. The third-order valence-corrected chi connectivity index (χ3v) is 5.13. The molecule has 0 atom stereocenters. The monoisotopic (exact) mass is 393 g/mol. The van der Waals surface area contributed by atoms with E-state index in [2.05, 4.69) is 10.3 Å². The van der Waals surface area contributed by atoms with Crippen LogP contribution in [0, 0.1) is 5.82 Å². The third-order valence-electron chi connectivity index (χ3n) is 5.13. The lowest BCUT2D eigenvalue weighted by atomic mass is 10.0. The molecular weight excluding hydrogens is 369 g/mol. The normalized spacial score (nSPS) is 14.7. The van der Waals surface area contributed by atoms with E-state index in [0.717, 1.165) is 12.8 Å². The molecule has 3 aromatic rings. The highest BCUT2D eigenvalue weighted by Crippen LogP contribution is 2.29. The van der Waals surface area contributed by atoms with Crippen LogP contribution in [0.25, 0.3) is 16.8 Å². The Bertz CT molecular complexity index is 1050. The first-order valence-electron chi connectivity index (χ1n) is 9.82. The molecule has 7 heteroatoms. The van der Waals surface area contributed by atoms with E-state index in [-0.39, 0.29) is 11.6 Å². The number of fused-ring (bicyclic) bond motifs is 1. The summed E-state index contributed by atoms with van der Waals surface area (Å²) in [5.74, 6) is 0.127. The Labute approximate surface area is 169 Å². The first-order valence-corrected chi connectivity index (χ1v) is 9.82. The second-order valence-electron chi connectivity index (χ2n) is 7.57.